The van der Waals surface area contributed by atoms with Crippen molar-refractivity contribution in [1.82, 2.24) is 9.29 Å². The minimum atomic E-state index is -3.67. The van der Waals surface area contributed by atoms with Crippen LogP contribution in [0.5, 0.6) is 0 Å². The molecule has 1 aliphatic rings. The molecule has 0 amide bonds. The van der Waals surface area contributed by atoms with Crippen LogP contribution in [-0.4, -0.2) is 47.5 Å². The highest BCUT2D eigenvalue weighted by Gasteiger charge is 2.32. The van der Waals surface area contributed by atoms with Gasteiger partial charge in [0.2, 0.25) is 10.0 Å². The van der Waals surface area contributed by atoms with E-state index in [0.717, 1.165) is 12.8 Å². The molecule has 0 bridgehead atoms. The predicted octanol–water partition coefficient (Wildman–Crippen LogP) is 0.499. The largest absolute Gasteiger partial charge is 0.396 e. The number of sulfonamides is 1. The molecule has 1 fully saturated rings. The molecule has 3 N–H and O–H groups in total. The van der Waals surface area contributed by atoms with E-state index in [-0.39, 0.29) is 28.1 Å². The molecule has 1 aliphatic heterocycles. The smallest absolute Gasteiger partial charge is 0.245 e. The molecule has 21 heavy (non-hydrogen) atoms. The lowest BCUT2D eigenvalue weighted by atomic mass is 9.97. The molecular weight excluding hydrogens is 310 g/mol. The number of hydrogen-bond donors (Lipinski definition) is 2. The molecule has 0 spiro atoms. The molecule has 2 rings (SSSR count). The first-order valence-electron chi connectivity index (χ1n) is 6.82. The zero-order chi connectivity index (χ0) is 15.5. The number of aromatic nitrogens is 1. The monoisotopic (exact) mass is 329 g/mol. The van der Waals surface area contributed by atoms with Crippen LogP contribution >= 0.6 is 12.2 Å². The van der Waals surface area contributed by atoms with Crippen molar-refractivity contribution in [2.24, 2.45) is 11.7 Å². The van der Waals surface area contributed by atoms with E-state index < -0.39 is 10.0 Å². The summed E-state index contributed by atoms with van der Waals surface area (Å²) < 4.78 is 27.0. The number of thiocarbonyl (C=S) groups is 1. The van der Waals surface area contributed by atoms with Crippen molar-refractivity contribution in [2.45, 2.75) is 24.2 Å². The first kappa shape index (κ1) is 16.3. The maximum absolute atomic E-state index is 12.8. The SMILES string of the molecule is NC(=S)c1ncccc1S(=O)(=O)N1CCCC(CCO)C1. The third-order valence-corrected chi connectivity index (χ3v) is 5.73. The van der Waals surface area contributed by atoms with E-state index in [2.05, 4.69) is 4.98 Å². The fraction of sp³-hybridized carbons (Fsp3) is 0.538. The quantitative estimate of drug-likeness (QED) is 0.764. The molecular formula is C13H19N3O3S2. The summed E-state index contributed by atoms with van der Waals surface area (Å²) in [5.74, 6) is 0.184. The third-order valence-electron chi connectivity index (χ3n) is 3.64. The van der Waals surface area contributed by atoms with Crippen LogP contribution in [0.2, 0.25) is 0 Å². The number of aliphatic hydroxyl groups is 1. The lowest BCUT2D eigenvalue weighted by Gasteiger charge is -2.31. The first-order valence-corrected chi connectivity index (χ1v) is 8.67. The normalized spacial score (nSPS) is 20.3. The van der Waals surface area contributed by atoms with Gasteiger partial charge in [-0.1, -0.05) is 12.2 Å². The maximum atomic E-state index is 12.8. The highest BCUT2D eigenvalue weighted by molar-refractivity contribution is 7.89. The van der Waals surface area contributed by atoms with Crippen LogP contribution in [0.15, 0.2) is 23.2 Å². The predicted molar refractivity (Wildman–Crippen MR) is 83.3 cm³/mol. The first-order chi connectivity index (χ1) is 9.96. The highest BCUT2D eigenvalue weighted by atomic mass is 32.2. The van der Waals surface area contributed by atoms with Crippen LogP contribution in [-0.2, 0) is 10.0 Å². The Morgan fingerprint density at radius 2 is 2.33 bits per heavy atom. The fourth-order valence-electron chi connectivity index (χ4n) is 2.59. The zero-order valence-electron chi connectivity index (χ0n) is 11.6. The molecule has 0 saturated carbocycles. The molecule has 0 aliphatic carbocycles. The number of aliphatic hydroxyl groups excluding tert-OH is 1. The van der Waals surface area contributed by atoms with Gasteiger partial charge in [-0.25, -0.2) is 8.42 Å². The number of nitrogens with zero attached hydrogens (tertiary/aromatic N) is 2. The molecule has 1 aromatic rings. The number of nitrogens with two attached hydrogens (primary N) is 1. The van der Waals surface area contributed by atoms with E-state index in [0.29, 0.717) is 19.5 Å². The fourth-order valence-corrected chi connectivity index (χ4v) is 4.53. The Morgan fingerprint density at radius 1 is 1.57 bits per heavy atom. The molecule has 1 aromatic heterocycles. The van der Waals surface area contributed by atoms with Gasteiger partial charge in [-0.2, -0.15) is 4.31 Å². The Hall–Kier alpha value is -1.09. The van der Waals surface area contributed by atoms with E-state index in [4.69, 9.17) is 23.1 Å². The number of pyridine rings is 1. The number of piperidine rings is 1. The Morgan fingerprint density at radius 3 is 3.00 bits per heavy atom. The minimum absolute atomic E-state index is 0.0295. The van der Waals surface area contributed by atoms with Crippen LogP contribution in [0.25, 0.3) is 0 Å². The van der Waals surface area contributed by atoms with E-state index >= 15 is 0 Å². The van der Waals surface area contributed by atoms with E-state index in [1.165, 1.54) is 16.6 Å². The van der Waals surface area contributed by atoms with Gasteiger partial charge < -0.3 is 10.8 Å². The van der Waals surface area contributed by atoms with Crippen LogP contribution in [0.4, 0.5) is 0 Å². The summed E-state index contributed by atoms with van der Waals surface area (Å²) in [7, 11) is -3.67. The average Bonchev–Trinajstić information content (AvgIpc) is 2.48. The summed E-state index contributed by atoms with van der Waals surface area (Å²) in [6.45, 7) is 0.952. The van der Waals surface area contributed by atoms with Crippen molar-refractivity contribution < 1.29 is 13.5 Å². The van der Waals surface area contributed by atoms with Gasteiger partial charge in [0, 0.05) is 25.9 Å². The van der Waals surface area contributed by atoms with Gasteiger partial charge in [0.1, 0.15) is 15.6 Å². The average molecular weight is 329 g/mol. The van der Waals surface area contributed by atoms with Crippen molar-refractivity contribution in [2.75, 3.05) is 19.7 Å². The summed E-state index contributed by atoms with van der Waals surface area (Å²) in [6, 6.07) is 3.04. The summed E-state index contributed by atoms with van der Waals surface area (Å²) in [4.78, 5) is 4.01. The molecule has 6 nitrogen and oxygen atoms in total. The van der Waals surface area contributed by atoms with Crippen molar-refractivity contribution in [3.63, 3.8) is 0 Å². The summed E-state index contributed by atoms with van der Waals surface area (Å²) in [5.41, 5.74) is 5.70. The molecule has 8 heteroatoms. The van der Waals surface area contributed by atoms with Gasteiger partial charge in [-0.15, -0.1) is 0 Å². The standard InChI is InChI=1S/C13H19N3O3S2/c14-13(20)12-11(4-1-6-15-12)21(18,19)16-7-2-3-10(9-16)5-8-17/h1,4,6,10,17H,2-3,5,7-9H2,(H2,14,20). The van der Waals surface area contributed by atoms with Gasteiger partial charge in [0.25, 0.3) is 0 Å². The second-order valence-corrected chi connectivity index (χ2v) is 7.44. The second kappa shape index (κ2) is 6.78. The van der Waals surface area contributed by atoms with Crippen LogP contribution in [0.1, 0.15) is 25.0 Å². The van der Waals surface area contributed by atoms with Crippen molar-refractivity contribution in [3.05, 3.63) is 24.0 Å². The summed E-state index contributed by atoms with van der Waals surface area (Å²) >= 11 is 4.88. The van der Waals surface area contributed by atoms with Crippen LogP contribution in [0, 0.1) is 5.92 Å². The molecule has 2 heterocycles. The van der Waals surface area contributed by atoms with Crippen LogP contribution in [0.3, 0.4) is 0 Å². The Balaban J connectivity index is 2.32. The molecule has 0 radical (unpaired) electrons. The minimum Gasteiger partial charge on any atom is -0.396 e. The third kappa shape index (κ3) is 3.57. The van der Waals surface area contributed by atoms with Gasteiger partial charge in [-0.3, -0.25) is 4.98 Å². The van der Waals surface area contributed by atoms with Crippen molar-refractivity contribution in [1.29, 1.82) is 0 Å². The van der Waals surface area contributed by atoms with Gasteiger partial charge in [0.05, 0.1) is 0 Å². The Kier molecular flexibility index (Phi) is 5.26. The molecule has 1 saturated heterocycles. The highest BCUT2D eigenvalue weighted by Crippen LogP contribution is 2.26. The van der Waals surface area contributed by atoms with Crippen LogP contribution < -0.4 is 5.73 Å². The zero-order valence-corrected chi connectivity index (χ0v) is 13.2. The summed E-state index contributed by atoms with van der Waals surface area (Å²) in [6.07, 6.45) is 3.80. The molecule has 116 valence electrons. The van der Waals surface area contributed by atoms with Gasteiger partial charge in [0.15, 0.2) is 0 Å². The molecule has 0 aromatic carbocycles. The molecule has 1 unspecified atom stereocenters. The Bertz CT molecular complexity index is 617. The Labute approximate surface area is 130 Å². The number of rotatable bonds is 5. The van der Waals surface area contributed by atoms with Gasteiger partial charge in [-0.05, 0) is 37.3 Å². The van der Waals surface area contributed by atoms with Crippen molar-refractivity contribution >= 4 is 27.2 Å². The second-order valence-electron chi connectivity index (χ2n) is 5.10. The number of hydrogen-bond acceptors (Lipinski definition) is 5. The van der Waals surface area contributed by atoms with E-state index in [1.807, 2.05) is 0 Å². The van der Waals surface area contributed by atoms with E-state index in [9.17, 15) is 8.42 Å². The lowest BCUT2D eigenvalue weighted by Crippen LogP contribution is -2.40. The topological polar surface area (TPSA) is 96.5 Å². The maximum Gasteiger partial charge on any atom is 0.245 e. The lowest BCUT2D eigenvalue weighted by molar-refractivity contribution is 0.203. The summed E-state index contributed by atoms with van der Waals surface area (Å²) in [5, 5.41) is 9.03. The van der Waals surface area contributed by atoms with Crippen molar-refractivity contribution in [3.8, 4) is 0 Å². The molecule has 1 atom stereocenters. The van der Waals surface area contributed by atoms with Gasteiger partial charge >= 0.3 is 0 Å². The van der Waals surface area contributed by atoms with E-state index in [1.54, 1.807) is 6.07 Å².